The molecule has 0 radical (unpaired) electrons. The molecule has 2 aliphatic carbocycles. The summed E-state index contributed by atoms with van der Waals surface area (Å²) in [6.07, 6.45) is 4.48. The van der Waals surface area contributed by atoms with Gasteiger partial charge in [-0.05, 0) is 68.7 Å². The Morgan fingerprint density at radius 1 is 1.25 bits per heavy atom. The molecule has 0 aromatic carbocycles. The first kappa shape index (κ1) is 24.2. The first-order valence-corrected chi connectivity index (χ1v) is 12.4. The van der Waals surface area contributed by atoms with Gasteiger partial charge in [0.15, 0.2) is 0 Å². The van der Waals surface area contributed by atoms with Crippen LogP contribution < -0.4 is 10.1 Å². The zero-order valence-electron chi connectivity index (χ0n) is 20.4. The van der Waals surface area contributed by atoms with Gasteiger partial charge >= 0.3 is 5.97 Å². The summed E-state index contributed by atoms with van der Waals surface area (Å²) >= 11 is 0. The standard InChI is InChI=1S/C24H31N7O5/c1-13-20(35-17-5-3-4-15(10-17)23(33)34)7-6-18(26-13)21-19(31(2)30-28-21)11-25-24-27-22(36-29-24)16-8-14(9-16)12-32/h6-7,14-17,32H,3-5,8-12H2,1-2H3,(H,25,29)(H,33,34). The number of aliphatic hydroxyl groups is 1. The van der Waals surface area contributed by atoms with Crippen LogP contribution in [0.5, 0.6) is 5.75 Å². The van der Waals surface area contributed by atoms with E-state index < -0.39 is 5.97 Å². The van der Waals surface area contributed by atoms with Crippen molar-refractivity contribution in [2.45, 2.75) is 64.0 Å². The first-order valence-electron chi connectivity index (χ1n) is 12.4. The molecule has 3 heterocycles. The minimum absolute atomic E-state index is 0.128. The average Bonchev–Trinajstić information content (AvgIpc) is 3.45. The second-order valence-electron chi connectivity index (χ2n) is 9.76. The van der Waals surface area contributed by atoms with Crippen molar-refractivity contribution in [2.75, 3.05) is 11.9 Å². The van der Waals surface area contributed by atoms with E-state index in [1.54, 1.807) is 4.68 Å². The Bertz CT molecular complexity index is 1220. The maximum absolute atomic E-state index is 11.4. The maximum Gasteiger partial charge on any atom is 0.306 e. The monoisotopic (exact) mass is 497 g/mol. The summed E-state index contributed by atoms with van der Waals surface area (Å²) in [5.41, 5.74) is 2.81. The zero-order valence-corrected chi connectivity index (χ0v) is 20.4. The van der Waals surface area contributed by atoms with E-state index in [4.69, 9.17) is 14.2 Å². The molecule has 2 atom stereocenters. The minimum Gasteiger partial charge on any atom is -0.489 e. The van der Waals surface area contributed by atoms with Crippen molar-refractivity contribution < 1.29 is 24.3 Å². The Morgan fingerprint density at radius 3 is 2.83 bits per heavy atom. The number of hydrogen-bond donors (Lipinski definition) is 3. The predicted octanol–water partition coefficient (Wildman–Crippen LogP) is 2.69. The Morgan fingerprint density at radius 2 is 2.08 bits per heavy atom. The van der Waals surface area contributed by atoms with Gasteiger partial charge < -0.3 is 24.8 Å². The van der Waals surface area contributed by atoms with Crippen LogP contribution >= 0.6 is 0 Å². The number of rotatable bonds is 9. The number of carboxylic acids is 1. The molecule has 2 unspecified atom stereocenters. The number of aliphatic hydroxyl groups excluding tert-OH is 1. The molecular formula is C24H31N7O5. The van der Waals surface area contributed by atoms with Gasteiger partial charge in [0.2, 0.25) is 5.89 Å². The molecule has 0 aliphatic heterocycles. The summed E-state index contributed by atoms with van der Waals surface area (Å²) in [5.74, 6) is 1.04. The summed E-state index contributed by atoms with van der Waals surface area (Å²) < 4.78 is 13.2. The number of hydrogen-bond acceptors (Lipinski definition) is 10. The number of aromatic nitrogens is 6. The van der Waals surface area contributed by atoms with Gasteiger partial charge in [-0.1, -0.05) is 5.21 Å². The molecule has 36 heavy (non-hydrogen) atoms. The molecule has 0 spiro atoms. The lowest BCUT2D eigenvalue weighted by atomic mass is 9.75. The third-order valence-electron chi connectivity index (χ3n) is 7.19. The van der Waals surface area contributed by atoms with Crippen molar-refractivity contribution in [1.29, 1.82) is 0 Å². The fourth-order valence-corrected chi connectivity index (χ4v) is 4.96. The highest BCUT2D eigenvalue weighted by Gasteiger charge is 2.34. The van der Waals surface area contributed by atoms with Crippen LogP contribution in [0.2, 0.25) is 0 Å². The van der Waals surface area contributed by atoms with Crippen molar-refractivity contribution >= 4 is 11.9 Å². The van der Waals surface area contributed by atoms with Crippen molar-refractivity contribution in [3.63, 3.8) is 0 Å². The normalized spacial score (nSPS) is 23.8. The highest BCUT2D eigenvalue weighted by Crippen LogP contribution is 2.40. The number of anilines is 1. The van der Waals surface area contributed by atoms with Gasteiger partial charge in [-0.15, -0.1) is 5.10 Å². The number of aryl methyl sites for hydroxylation is 2. The van der Waals surface area contributed by atoms with Crippen LogP contribution in [0.4, 0.5) is 5.95 Å². The van der Waals surface area contributed by atoms with E-state index in [1.165, 1.54) is 0 Å². The quantitative estimate of drug-likeness (QED) is 0.398. The van der Waals surface area contributed by atoms with E-state index in [-0.39, 0.29) is 24.5 Å². The molecule has 192 valence electrons. The highest BCUT2D eigenvalue weighted by atomic mass is 16.5. The second-order valence-corrected chi connectivity index (χ2v) is 9.76. The summed E-state index contributed by atoms with van der Waals surface area (Å²) in [4.78, 5) is 20.5. The van der Waals surface area contributed by atoms with Crippen LogP contribution in [0, 0.1) is 18.8 Å². The third kappa shape index (κ3) is 5.03. The predicted molar refractivity (Wildman–Crippen MR) is 127 cm³/mol. The Balaban J connectivity index is 1.24. The van der Waals surface area contributed by atoms with E-state index >= 15 is 0 Å². The van der Waals surface area contributed by atoms with Gasteiger partial charge in [0.05, 0.1) is 35.6 Å². The lowest BCUT2D eigenvalue weighted by molar-refractivity contribution is -0.143. The average molecular weight is 498 g/mol. The van der Waals surface area contributed by atoms with Gasteiger partial charge in [0.1, 0.15) is 11.4 Å². The van der Waals surface area contributed by atoms with Crippen LogP contribution in [-0.2, 0) is 18.4 Å². The number of carboxylic acid groups (broad SMARTS) is 1. The topological polar surface area (TPSA) is 161 Å². The molecule has 5 rings (SSSR count). The SMILES string of the molecule is Cc1nc(-c2nnn(C)c2CNc2noc(C3CC(CO)C3)n2)ccc1OC1CCCC(C(=O)O)C1. The number of nitrogens with zero attached hydrogens (tertiary/aromatic N) is 6. The Hall–Kier alpha value is -3.54. The smallest absolute Gasteiger partial charge is 0.306 e. The second kappa shape index (κ2) is 10.2. The van der Waals surface area contributed by atoms with Crippen LogP contribution in [0.25, 0.3) is 11.4 Å². The van der Waals surface area contributed by atoms with E-state index in [2.05, 4.69) is 25.8 Å². The molecule has 12 heteroatoms. The summed E-state index contributed by atoms with van der Waals surface area (Å²) in [7, 11) is 1.81. The van der Waals surface area contributed by atoms with Gasteiger partial charge in [0.25, 0.3) is 5.95 Å². The van der Waals surface area contributed by atoms with Gasteiger partial charge in [0, 0.05) is 19.6 Å². The number of nitrogens with one attached hydrogen (secondary N) is 1. The lowest BCUT2D eigenvalue weighted by Crippen LogP contribution is -2.29. The molecule has 12 nitrogen and oxygen atoms in total. The minimum atomic E-state index is -0.757. The molecule has 0 saturated heterocycles. The van der Waals surface area contributed by atoms with E-state index in [0.29, 0.717) is 60.0 Å². The lowest BCUT2D eigenvalue weighted by Gasteiger charge is -2.30. The van der Waals surface area contributed by atoms with Crippen LogP contribution in [0.15, 0.2) is 16.7 Å². The summed E-state index contributed by atoms with van der Waals surface area (Å²) in [5, 5.41) is 34.2. The summed E-state index contributed by atoms with van der Waals surface area (Å²) in [6, 6.07) is 3.70. The van der Waals surface area contributed by atoms with Crippen molar-refractivity contribution in [2.24, 2.45) is 18.9 Å². The zero-order chi connectivity index (χ0) is 25.2. The molecule has 2 saturated carbocycles. The van der Waals surface area contributed by atoms with Crippen LogP contribution in [0.3, 0.4) is 0 Å². The van der Waals surface area contributed by atoms with Crippen LogP contribution in [-0.4, -0.2) is 59.0 Å². The number of ether oxygens (including phenoxy) is 1. The number of carbonyl (C=O) groups is 1. The van der Waals surface area contributed by atoms with Gasteiger partial charge in [-0.25, -0.2) is 9.67 Å². The Labute approximate surface area is 208 Å². The van der Waals surface area contributed by atoms with Crippen LogP contribution in [0.1, 0.15) is 61.7 Å². The maximum atomic E-state index is 11.4. The molecule has 0 bridgehead atoms. The molecule has 2 aliphatic rings. The van der Waals surface area contributed by atoms with Gasteiger partial charge in [-0.2, -0.15) is 4.98 Å². The molecule has 2 fully saturated rings. The molecular weight excluding hydrogens is 466 g/mol. The van der Waals surface area contributed by atoms with Gasteiger partial charge in [-0.3, -0.25) is 4.79 Å². The molecule has 0 amide bonds. The van der Waals surface area contributed by atoms with E-state index in [9.17, 15) is 15.0 Å². The fraction of sp³-hybridized carbons (Fsp3) is 0.583. The number of aliphatic carboxylic acids is 1. The number of pyridine rings is 1. The first-order chi connectivity index (χ1) is 17.4. The van der Waals surface area contributed by atoms with Crippen molar-refractivity contribution in [3.8, 4) is 17.1 Å². The summed E-state index contributed by atoms with van der Waals surface area (Å²) in [6.45, 7) is 2.44. The Kier molecular flexibility index (Phi) is 6.86. The van der Waals surface area contributed by atoms with Crippen molar-refractivity contribution in [1.82, 2.24) is 30.1 Å². The van der Waals surface area contributed by atoms with E-state index in [0.717, 1.165) is 31.4 Å². The molecule has 3 aromatic heterocycles. The largest absolute Gasteiger partial charge is 0.489 e. The highest BCUT2D eigenvalue weighted by molar-refractivity contribution is 5.70. The van der Waals surface area contributed by atoms with Crippen molar-refractivity contribution in [3.05, 3.63) is 29.4 Å². The fourth-order valence-electron chi connectivity index (χ4n) is 4.96. The third-order valence-corrected chi connectivity index (χ3v) is 7.19. The molecule has 3 aromatic rings. The van der Waals surface area contributed by atoms with E-state index in [1.807, 2.05) is 26.1 Å². The molecule has 3 N–H and O–H groups in total.